The van der Waals surface area contributed by atoms with Gasteiger partial charge < -0.3 is 15.4 Å². The number of hydrogen-bond acceptors (Lipinski definition) is 4. The maximum absolute atomic E-state index is 12.7. The molecule has 22 heavy (non-hydrogen) atoms. The van der Waals surface area contributed by atoms with Gasteiger partial charge in [-0.2, -0.15) is 0 Å². The number of rotatable bonds is 5. The smallest absolute Gasteiger partial charge is 0.272 e. The van der Waals surface area contributed by atoms with E-state index in [1.54, 1.807) is 19.2 Å². The number of pyridine rings is 1. The van der Waals surface area contributed by atoms with E-state index in [9.17, 15) is 4.79 Å². The van der Waals surface area contributed by atoms with E-state index in [-0.39, 0.29) is 5.91 Å². The third kappa shape index (κ3) is 3.19. The number of aromatic nitrogens is 1. The first-order valence-electron chi connectivity index (χ1n) is 7.33. The topological polar surface area (TPSA) is 68.5 Å². The Labute approximate surface area is 129 Å². The quantitative estimate of drug-likeness (QED) is 0.920. The van der Waals surface area contributed by atoms with Crippen LogP contribution in [0.1, 0.15) is 28.9 Å². The number of nitrogens with zero attached hydrogens (tertiary/aromatic N) is 2. The van der Waals surface area contributed by atoms with Crippen molar-refractivity contribution in [3.63, 3.8) is 0 Å². The van der Waals surface area contributed by atoms with Gasteiger partial charge in [0.2, 0.25) is 0 Å². The molecule has 1 saturated carbocycles. The van der Waals surface area contributed by atoms with Gasteiger partial charge in [0.25, 0.3) is 5.91 Å². The second kappa shape index (κ2) is 6.05. The fraction of sp³-hybridized carbons (Fsp3) is 0.294. The summed E-state index contributed by atoms with van der Waals surface area (Å²) in [6.45, 7) is 0.583. The molecule has 1 aromatic carbocycles. The van der Waals surface area contributed by atoms with Gasteiger partial charge in [-0.15, -0.1) is 0 Å². The minimum Gasteiger partial charge on any atom is -0.497 e. The zero-order valence-electron chi connectivity index (χ0n) is 12.5. The van der Waals surface area contributed by atoms with E-state index >= 15 is 0 Å². The van der Waals surface area contributed by atoms with Gasteiger partial charge in [0.15, 0.2) is 0 Å². The van der Waals surface area contributed by atoms with Crippen LogP contribution in [0.2, 0.25) is 0 Å². The second-order valence-electron chi connectivity index (χ2n) is 5.49. The van der Waals surface area contributed by atoms with Crippen LogP contribution in [0.3, 0.4) is 0 Å². The summed E-state index contributed by atoms with van der Waals surface area (Å²) in [5.41, 5.74) is 7.71. The number of ether oxygens (including phenoxy) is 1. The zero-order valence-corrected chi connectivity index (χ0v) is 12.5. The van der Waals surface area contributed by atoms with Crippen molar-refractivity contribution in [3.05, 3.63) is 53.9 Å². The van der Waals surface area contributed by atoms with E-state index in [0.717, 1.165) is 24.2 Å². The highest BCUT2D eigenvalue weighted by Crippen LogP contribution is 2.30. The third-order valence-corrected chi connectivity index (χ3v) is 3.77. The molecule has 0 unspecified atom stereocenters. The molecule has 0 aliphatic heterocycles. The summed E-state index contributed by atoms with van der Waals surface area (Å²) in [6, 6.07) is 11.5. The summed E-state index contributed by atoms with van der Waals surface area (Å²) in [6.07, 6.45) is 3.62. The summed E-state index contributed by atoms with van der Waals surface area (Å²) in [5.74, 6) is 0.770. The van der Waals surface area contributed by atoms with Crippen LogP contribution in [-0.4, -0.2) is 28.9 Å². The lowest BCUT2D eigenvalue weighted by atomic mass is 10.2. The lowest BCUT2D eigenvalue weighted by molar-refractivity contribution is 0.0724. The minimum absolute atomic E-state index is 0.0432. The molecule has 2 N–H and O–H groups in total. The highest BCUT2D eigenvalue weighted by Gasteiger charge is 2.33. The zero-order chi connectivity index (χ0) is 15.5. The highest BCUT2D eigenvalue weighted by atomic mass is 16.5. The lowest BCUT2D eigenvalue weighted by Gasteiger charge is -2.22. The number of benzene rings is 1. The Morgan fingerprint density at radius 1 is 1.27 bits per heavy atom. The van der Waals surface area contributed by atoms with Crippen LogP contribution in [0.15, 0.2) is 42.6 Å². The molecule has 114 valence electrons. The van der Waals surface area contributed by atoms with Crippen LogP contribution < -0.4 is 10.5 Å². The maximum atomic E-state index is 12.7. The van der Waals surface area contributed by atoms with E-state index in [1.807, 2.05) is 29.2 Å². The van der Waals surface area contributed by atoms with Crippen molar-refractivity contribution in [1.82, 2.24) is 9.88 Å². The van der Waals surface area contributed by atoms with Crippen molar-refractivity contribution < 1.29 is 9.53 Å². The number of amides is 1. The SMILES string of the molecule is COc1ccc(CN(C(=O)c2ccc(N)cn2)C2CC2)cc1. The number of carbonyl (C=O) groups is 1. The fourth-order valence-electron chi connectivity index (χ4n) is 2.36. The number of anilines is 1. The summed E-state index contributed by atoms with van der Waals surface area (Å²) in [7, 11) is 1.64. The fourth-order valence-corrected chi connectivity index (χ4v) is 2.36. The highest BCUT2D eigenvalue weighted by molar-refractivity contribution is 5.92. The average Bonchev–Trinajstić information content (AvgIpc) is 3.38. The van der Waals surface area contributed by atoms with E-state index in [0.29, 0.717) is 24.0 Å². The normalized spacial score (nSPS) is 13.7. The third-order valence-electron chi connectivity index (χ3n) is 3.77. The molecule has 0 spiro atoms. The Bertz CT molecular complexity index is 649. The molecule has 1 heterocycles. The Hall–Kier alpha value is -2.56. The minimum atomic E-state index is -0.0432. The average molecular weight is 297 g/mol. The van der Waals surface area contributed by atoms with Crippen LogP contribution in [0.4, 0.5) is 5.69 Å². The lowest BCUT2D eigenvalue weighted by Crippen LogP contribution is -2.33. The first-order chi connectivity index (χ1) is 10.7. The second-order valence-corrected chi connectivity index (χ2v) is 5.49. The number of nitrogens with two attached hydrogens (primary N) is 1. The molecular formula is C17H19N3O2. The van der Waals surface area contributed by atoms with Gasteiger partial charge in [0, 0.05) is 12.6 Å². The van der Waals surface area contributed by atoms with Crippen molar-refractivity contribution >= 4 is 11.6 Å². The van der Waals surface area contributed by atoms with Crippen LogP contribution in [0.25, 0.3) is 0 Å². The van der Waals surface area contributed by atoms with Crippen molar-refractivity contribution in [3.8, 4) is 5.75 Å². The summed E-state index contributed by atoms with van der Waals surface area (Å²) < 4.78 is 5.16. The summed E-state index contributed by atoms with van der Waals surface area (Å²) in [5, 5.41) is 0. The molecule has 0 saturated heterocycles. The largest absolute Gasteiger partial charge is 0.497 e. The van der Waals surface area contributed by atoms with Gasteiger partial charge in [-0.25, -0.2) is 4.98 Å². The summed E-state index contributed by atoms with van der Waals surface area (Å²) in [4.78, 5) is 18.7. The van der Waals surface area contributed by atoms with Gasteiger partial charge in [-0.05, 0) is 42.7 Å². The maximum Gasteiger partial charge on any atom is 0.272 e. The van der Waals surface area contributed by atoms with Gasteiger partial charge in [-0.3, -0.25) is 4.79 Å². The molecular weight excluding hydrogens is 278 g/mol. The molecule has 5 nitrogen and oxygen atoms in total. The first-order valence-corrected chi connectivity index (χ1v) is 7.33. The Kier molecular flexibility index (Phi) is 3.96. The van der Waals surface area contributed by atoms with E-state index in [2.05, 4.69) is 4.98 Å². The summed E-state index contributed by atoms with van der Waals surface area (Å²) >= 11 is 0. The van der Waals surface area contributed by atoms with Crippen LogP contribution in [0.5, 0.6) is 5.75 Å². The Morgan fingerprint density at radius 2 is 2.00 bits per heavy atom. The number of nitrogen functional groups attached to an aromatic ring is 1. The van der Waals surface area contributed by atoms with Gasteiger partial charge >= 0.3 is 0 Å². The van der Waals surface area contributed by atoms with Crippen LogP contribution in [-0.2, 0) is 6.54 Å². The number of hydrogen-bond donors (Lipinski definition) is 1. The molecule has 3 rings (SSSR count). The van der Waals surface area contributed by atoms with E-state index in [1.165, 1.54) is 6.20 Å². The van der Waals surface area contributed by atoms with Crippen molar-refractivity contribution in [1.29, 1.82) is 0 Å². The molecule has 5 heteroatoms. The predicted molar refractivity (Wildman–Crippen MR) is 84.5 cm³/mol. The van der Waals surface area contributed by atoms with Crippen molar-refractivity contribution in [2.24, 2.45) is 0 Å². The van der Waals surface area contributed by atoms with E-state index in [4.69, 9.17) is 10.5 Å². The van der Waals surface area contributed by atoms with Crippen LogP contribution in [0, 0.1) is 0 Å². The predicted octanol–water partition coefficient (Wildman–Crippen LogP) is 2.48. The molecule has 1 aliphatic carbocycles. The van der Waals surface area contributed by atoms with Crippen LogP contribution >= 0.6 is 0 Å². The van der Waals surface area contributed by atoms with Gasteiger partial charge in [0.05, 0.1) is 19.0 Å². The standard InChI is InChI=1S/C17H19N3O2/c1-22-15-7-2-12(3-8-15)11-20(14-5-6-14)17(21)16-9-4-13(18)10-19-16/h2-4,7-10,14H,5-6,11,18H2,1H3. The number of carbonyl (C=O) groups excluding carboxylic acids is 1. The molecule has 2 aromatic rings. The molecule has 1 amide bonds. The number of methoxy groups -OCH3 is 1. The molecule has 0 atom stereocenters. The van der Waals surface area contributed by atoms with Crippen molar-refractivity contribution in [2.45, 2.75) is 25.4 Å². The van der Waals surface area contributed by atoms with Crippen molar-refractivity contribution in [2.75, 3.05) is 12.8 Å². The molecule has 1 fully saturated rings. The molecule has 0 bridgehead atoms. The molecule has 1 aromatic heterocycles. The Morgan fingerprint density at radius 3 is 2.55 bits per heavy atom. The van der Waals surface area contributed by atoms with Gasteiger partial charge in [-0.1, -0.05) is 12.1 Å². The molecule has 1 aliphatic rings. The van der Waals surface area contributed by atoms with Gasteiger partial charge in [0.1, 0.15) is 11.4 Å². The first kappa shape index (κ1) is 14.4. The monoisotopic (exact) mass is 297 g/mol. The molecule has 0 radical (unpaired) electrons. The Balaban J connectivity index is 1.77. The van der Waals surface area contributed by atoms with E-state index < -0.39 is 0 Å².